The standard InChI is InChI=1S/C19H13ClN2O5.C6H4/c1-3-22-16-10-13(20)5-6-15(16)21-19(22)27-14-8-11(17(23)24)7-12(9-14)18(25)26-4-2;1-2-5-4-6(5)3-1/h1,5-10H,4H2,2H3,(H,23,24);1-4H. The Morgan fingerprint density at radius 3 is 2.39 bits per heavy atom. The zero-order valence-corrected chi connectivity index (χ0v) is 18.2. The van der Waals surface area contributed by atoms with Gasteiger partial charge in [-0.1, -0.05) is 36.2 Å². The fourth-order valence-electron chi connectivity index (χ4n) is 3.11. The Bertz CT molecular complexity index is 1420. The van der Waals surface area contributed by atoms with Gasteiger partial charge in [0.15, 0.2) is 0 Å². The molecule has 5 rings (SSSR count). The summed E-state index contributed by atoms with van der Waals surface area (Å²) in [6.45, 7) is 1.80. The number of hydrogen-bond donors (Lipinski definition) is 1. The molecule has 0 amide bonds. The molecule has 0 unspecified atom stereocenters. The molecular weight excluding hydrogens is 444 g/mol. The molecule has 0 saturated heterocycles. The maximum atomic E-state index is 12.0. The zero-order valence-electron chi connectivity index (χ0n) is 17.4. The fraction of sp³-hybridized carbons (Fsp3) is 0.0800. The lowest BCUT2D eigenvalue weighted by Crippen LogP contribution is -2.07. The third kappa shape index (κ3) is 4.81. The zero-order chi connectivity index (χ0) is 23.5. The quantitative estimate of drug-likeness (QED) is 0.276. The molecule has 8 heteroatoms. The van der Waals surface area contributed by atoms with Crippen molar-refractivity contribution in [3.8, 4) is 35.4 Å². The van der Waals surface area contributed by atoms with Gasteiger partial charge in [-0.25, -0.2) is 14.2 Å². The van der Waals surface area contributed by atoms with Gasteiger partial charge in [0.25, 0.3) is 0 Å². The topological polar surface area (TPSA) is 90.7 Å². The molecule has 1 heterocycles. The Hall–Kier alpha value is -4.28. The van der Waals surface area contributed by atoms with Crippen LogP contribution in [0.1, 0.15) is 27.6 Å². The third-order valence-electron chi connectivity index (χ3n) is 4.70. The van der Waals surface area contributed by atoms with Crippen LogP contribution in [0.3, 0.4) is 0 Å². The van der Waals surface area contributed by atoms with Crippen molar-refractivity contribution in [1.82, 2.24) is 9.55 Å². The molecule has 0 spiro atoms. The summed E-state index contributed by atoms with van der Waals surface area (Å²) in [5.74, 6) is -1.80. The van der Waals surface area contributed by atoms with Crippen molar-refractivity contribution < 1.29 is 24.2 Å². The van der Waals surface area contributed by atoms with Crippen LogP contribution in [0.4, 0.5) is 0 Å². The van der Waals surface area contributed by atoms with Crippen LogP contribution in [0.15, 0.2) is 60.7 Å². The first-order valence-electron chi connectivity index (χ1n) is 9.88. The minimum absolute atomic E-state index is 0.0344. The number of nitrogens with zero attached hydrogens (tertiary/aromatic N) is 2. The number of aromatic carboxylic acids is 1. The Morgan fingerprint density at radius 2 is 1.82 bits per heavy atom. The number of terminal acetylenes is 1. The lowest BCUT2D eigenvalue weighted by Gasteiger charge is -2.08. The van der Waals surface area contributed by atoms with Crippen LogP contribution in [0.5, 0.6) is 11.8 Å². The summed E-state index contributed by atoms with van der Waals surface area (Å²) < 4.78 is 11.9. The van der Waals surface area contributed by atoms with Gasteiger partial charge in [0.05, 0.1) is 28.8 Å². The van der Waals surface area contributed by atoms with E-state index < -0.39 is 11.9 Å². The van der Waals surface area contributed by atoms with Gasteiger partial charge in [-0.05, 0) is 60.5 Å². The SMILES string of the molecule is C#Cn1c(Oc2cc(C(=O)O)cc(C(=O)OCC)c2)nc2ccc(Cl)cc21.c1cc2cc-2c1. The molecule has 0 radical (unpaired) electrons. The van der Waals surface area contributed by atoms with E-state index in [0.29, 0.717) is 16.1 Å². The Balaban J connectivity index is 0.000000367. The largest absolute Gasteiger partial charge is 0.478 e. The highest BCUT2D eigenvalue weighted by Gasteiger charge is 2.17. The van der Waals surface area contributed by atoms with Crippen LogP contribution in [0.2, 0.25) is 5.02 Å². The number of imidazole rings is 1. The van der Waals surface area contributed by atoms with Crippen molar-refractivity contribution in [3.05, 3.63) is 76.8 Å². The average Bonchev–Trinajstić information content (AvgIpc) is 3.23. The number of halogens is 1. The summed E-state index contributed by atoms with van der Waals surface area (Å²) in [7, 11) is 0. The fourth-order valence-corrected chi connectivity index (χ4v) is 3.28. The molecule has 0 aliphatic heterocycles. The van der Waals surface area contributed by atoms with Crippen molar-refractivity contribution in [2.45, 2.75) is 6.92 Å². The van der Waals surface area contributed by atoms with Gasteiger partial charge >= 0.3 is 17.9 Å². The molecule has 0 saturated carbocycles. The molecule has 164 valence electrons. The number of carbonyl (C=O) groups is 2. The summed E-state index contributed by atoms with van der Waals surface area (Å²) >= 11 is 5.99. The van der Waals surface area contributed by atoms with Crippen LogP contribution in [-0.4, -0.2) is 33.2 Å². The van der Waals surface area contributed by atoms with E-state index in [9.17, 15) is 14.7 Å². The smallest absolute Gasteiger partial charge is 0.338 e. The first-order chi connectivity index (χ1) is 15.9. The minimum Gasteiger partial charge on any atom is -0.478 e. The molecular formula is C25H17ClN2O5. The van der Waals surface area contributed by atoms with Gasteiger partial charge < -0.3 is 14.6 Å². The number of carboxylic acid groups (broad SMARTS) is 1. The predicted molar refractivity (Wildman–Crippen MR) is 124 cm³/mol. The van der Waals surface area contributed by atoms with Crippen LogP contribution >= 0.6 is 11.6 Å². The highest BCUT2D eigenvalue weighted by atomic mass is 35.5. The second kappa shape index (κ2) is 9.07. The van der Waals surface area contributed by atoms with E-state index in [1.165, 1.54) is 33.9 Å². The van der Waals surface area contributed by atoms with Crippen molar-refractivity contribution >= 4 is 34.6 Å². The normalized spacial score (nSPS) is 10.6. The van der Waals surface area contributed by atoms with E-state index in [-0.39, 0.29) is 29.5 Å². The Morgan fingerprint density at radius 1 is 1.09 bits per heavy atom. The summed E-state index contributed by atoms with van der Waals surface area (Å²) in [5, 5.41) is 9.76. The van der Waals surface area contributed by atoms with E-state index >= 15 is 0 Å². The molecule has 2 aliphatic rings. The second-order valence-corrected chi connectivity index (χ2v) is 7.38. The molecule has 3 aromatic rings. The van der Waals surface area contributed by atoms with Crippen molar-refractivity contribution in [3.63, 3.8) is 0 Å². The Kier molecular flexibility index (Phi) is 6.03. The van der Waals surface area contributed by atoms with E-state index in [1.807, 2.05) is 0 Å². The van der Waals surface area contributed by atoms with Crippen molar-refractivity contribution in [1.29, 1.82) is 0 Å². The third-order valence-corrected chi connectivity index (χ3v) is 4.94. The Labute approximate surface area is 194 Å². The van der Waals surface area contributed by atoms with E-state index in [0.717, 1.165) is 0 Å². The number of hydrogen-bond acceptors (Lipinski definition) is 5. The molecule has 33 heavy (non-hydrogen) atoms. The summed E-state index contributed by atoms with van der Waals surface area (Å²) in [6, 6.07) is 19.7. The van der Waals surface area contributed by atoms with Crippen LogP contribution in [0.25, 0.3) is 22.2 Å². The maximum Gasteiger partial charge on any atom is 0.338 e. The van der Waals surface area contributed by atoms with Gasteiger partial charge in [0.1, 0.15) is 5.75 Å². The van der Waals surface area contributed by atoms with E-state index in [4.69, 9.17) is 27.5 Å². The number of rotatable bonds is 5. The summed E-state index contributed by atoms with van der Waals surface area (Å²) in [4.78, 5) is 27.6. The number of carbonyl (C=O) groups excluding carboxylic acids is 1. The number of carboxylic acids is 1. The summed E-state index contributed by atoms with van der Waals surface area (Å²) in [5.41, 5.74) is 3.86. The molecule has 2 aromatic carbocycles. The average molecular weight is 461 g/mol. The number of ether oxygens (including phenoxy) is 2. The van der Waals surface area contributed by atoms with E-state index in [2.05, 4.69) is 35.3 Å². The molecule has 2 aliphatic carbocycles. The van der Waals surface area contributed by atoms with Crippen LogP contribution < -0.4 is 4.74 Å². The lowest BCUT2D eigenvalue weighted by molar-refractivity contribution is 0.0526. The first kappa shape index (κ1) is 21.9. The molecule has 1 aromatic heterocycles. The second-order valence-electron chi connectivity index (χ2n) is 6.95. The summed E-state index contributed by atoms with van der Waals surface area (Å²) in [6.07, 6.45) is 5.54. The lowest BCUT2D eigenvalue weighted by atomic mass is 10.1. The van der Waals surface area contributed by atoms with Gasteiger partial charge in [-0.3, -0.25) is 0 Å². The number of esters is 1. The monoisotopic (exact) mass is 460 g/mol. The van der Waals surface area contributed by atoms with Gasteiger partial charge in [0, 0.05) is 11.1 Å². The molecule has 7 nitrogen and oxygen atoms in total. The van der Waals surface area contributed by atoms with Crippen molar-refractivity contribution in [2.75, 3.05) is 6.61 Å². The number of fused-ring (bicyclic) bond motifs is 2. The number of benzene rings is 3. The van der Waals surface area contributed by atoms with Crippen LogP contribution in [-0.2, 0) is 4.74 Å². The number of aromatic nitrogens is 2. The molecule has 1 N–H and O–H groups in total. The molecule has 0 atom stereocenters. The molecule has 0 bridgehead atoms. The minimum atomic E-state index is -1.22. The van der Waals surface area contributed by atoms with Gasteiger partial charge in [-0.15, -0.1) is 0 Å². The first-order valence-corrected chi connectivity index (χ1v) is 10.3. The van der Waals surface area contributed by atoms with Crippen LogP contribution in [0, 0.1) is 12.5 Å². The van der Waals surface area contributed by atoms with Gasteiger partial charge in [0.2, 0.25) is 0 Å². The maximum absolute atomic E-state index is 12.0. The predicted octanol–water partition coefficient (Wildman–Crippen LogP) is 5.46. The highest BCUT2D eigenvalue weighted by Crippen LogP contribution is 2.32. The van der Waals surface area contributed by atoms with E-state index in [1.54, 1.807) is 25.1 Å². The molecule has 0 fully saturated rings. The van der Waals surface area contributed by atoms with Gasteiger partial charge in [-0.2, -0.15) is 4.98 Å². The van der Waals surface area contributed by atoms with Crippen molar-refractivity contribution in [2.24, 2.45) is 0 Å². The highest BCUT2D eigenvalue weighted by molar-refractivity contribution is 6.31.